The highest BCUT2D eigenvalue weighted by atomic mass is 35.5. The number of esters is 1. The molecule has 6 nitrogen and oxygen atoms in total. The summed E-state index contributed by atoms with van der Waals surface area (Å²) in [5.74, 6) is -1.62. The molecule has 1 aliphatic rings. The van der Waals surface area contributed by atoms with E-state index in [1.54, 1.807) is 30.3 Å². The van der Waals surface area contributed by atoms with Crippen molar-refractivity contribution >= 4 is 27.6 Å². The molecule has 0 bridgehead atoms. The first-order chi connectivity index (χ1) is 13.3. The maximum atomic E-state index is 13.9. The molecule has 9 heteroatoms. The van der Waals surface area contributed by atoms with Crippen molar-refractivity contribution in [2.75, 3.05) is 13.7 Å². The topological polar surface area (TPSA) is 72.9 Å². The average Bonchev–Trinajstić information content (AvgIpc) is 3.10. The fraction of sp³-hybridized carbons (Fsp3) is 0.316. The minimum atomic E-state index is -3.90. The lowest BCUT2D eigenvalue weighted by molar-refractivity contribution is -0.144. The van der Waals surface area contributed by atoms with Crippen LogP contribution in [0.25, 0.3) is 0 Å². The molecule has 1 aliphatic heterocycles. The van der Waals surface area contributed by atoms with Crippen LogP contribution in [0.2, 0.25) is 5.02 Å². The minimum absolute atomic E-state index is 0.00136. The fourth-order valence-electron chi connectivity index (χ4n) is 3.13. The van der Waals surface area contributed by atoms with Crippen LogP contribution in [0.4, 0.5) is 4.39 Å². The highest BCUT2D eigenvalue weighted by molar-refractivity contribution is 7.88. The van der Waals surface area contributed by atoms with Gasteiger partial charge in [-0.25, -0.2) is 12.8 Å². The van der Waals surface area contributed by atoms with Crippen molar-refractivity contribution in [3.8, 4) is 5.75 Å². The molecule has 0 aliphatic carbocycles. The van der Waals surface area contributed by atoms with Crippen LogP contribution in [0.15, 0.2) is 48.5 Å². The summed E-state index contributed by atoms with van der Waals surface area (Å²) in [5, 5.41) is 0.319. The van der Waals surface area contributed by atoms with E-state index >= 15 is 0 Å². The van der Waals surface area contributed by atoms with Gasteiger partial charge in [0.25, 0.3) is 0 Å². The molecule has 0 saturated carbocycles. The first kappa shape index (κ1) is 20.6. The Hall–Kier alpha value is -2.16. The molecule has 0 N–H and O–H groups in total. The molecule has 2 aromatic carbocycles. The molecular formula is C19H19ClFNO5S. The van der Waals surface area contributed by atoms with Gasteiger partial charge >= 0.3 is 5.97 Å². The van der Waals surface area contributed by atoms with Crippen molar-refractivity contribution in [3.05, 3.63) is 64.9 Å². The quantitative estimate of drug-likeness (QED) is 0.662. The molecule has 0 amide bonds. The maximum absolute atomic E-state index is 13.9. The number of hydrogen-bond donors (Lipinski definition) is 0. The van der Waals surface area contributed by atoms with E-state index in [4.69, 9.17) is 21.1 Å². The molecule has 0 radical (unpaired) electrons. The number of methoxy groups -OCH3 is 1. The lowest BCUT2D eigenvalue weighted by Crippen LogP contribution is -2.41. The first-order valence-electron chi connectivity index (χ1n) is 8.53. The third kappa shape index (κ3) is 4.45. The number of benzene rings is 2. The SMILES string of the molecule is COC(=O)C1CC(Oc2ccccc2F)CN1S(=O)(=O)Cc1ccccc1Cl. The molecular weight excluding hydrogens is 409 g/mol. The second-order valence-corrected chi connectivity index (χ2v) is 8.69. The van der Waals surface area contributed by atoms with Gasteiger partial charge in [-0.2, -0.15) is 4.31 Å². The number of ether oxygens (including phenoxy) is 2. The first-order valence-corrected chi connectivity index (χ1v) is 10.5. The predicted molar refractivity (Wildman–Crippen MR) is 102 cm³/mol. The van der Waals surface area contributed by atoms with Crippen LogP contribution in [0.1, 0.15) is 12.0 Å². The number of hydrogen-bond acceptors (Lipinski definition) is 5. The van der Waals surface area contributed by atoms with Crippen molar-refractivity contribution < 1.29 is 27.1 Å². The molecule has 28 heavy (non-hydrogen) atoms. The minimum Gasteiger partial charge on any atom is -0.486 e. The zero-order valence-electron chi connectivity index (χ0n) is 15.0. The zero-order valence-corrected chi connectivity index (χ0v) is 16.6. The highest BCUT2D eigenvalue weighted by Crippen LogP contribution is 2.30. The molecule has 1 heterocycles. The van der Waals surface area contributed by atoms with Gasteiger partial charge in [0.15, 0.2) is 11.6 Å². The molecule has 1 saturated heterocycles. The Bertz CT molecular complexity index is 968. The number of rotatable bonds is 6. The van der Waals surface area contributed by atoms with Gasteiger partial charge in [-0.15, -0.1) is 0 Å². The van der Waals surface area contributed by atoms with Gasteiger partial charge in [-0.1, -0.05) is 41.9 Å². The molecule has 0 spiro atoms. The summed E-state index contributed by atoms with van der Waals surface area (Å²) in [6, 6.07) is 11.4. The monoisotopic (exact) mass is 427 g/mol. The zero-order chi connectivity index (χ0) is 20.3. The average molecular weight is 428 g/mol. The van der Waals surface area contributed by atoms with E-state index in [-0.39, 0.29) is 24.5 Å². The number of para-hydroxylation sites is 1. The van der Waals surface area contributed by atoms with E-state index in [1.807, 2.05) is 0 Å². The summed E-state index contributed by atoms with van der Waals surface area (Å²) in [5.41, 5.74) is 0.422. The van der Waals surface area contributed by atoms with Gasteiger partial charge in [0.05, 0.1) is 19.4 Å². The van der Waals surface area contributed by atoms with Crippen molar-refractivity contribution in [1.82, 2.24) is 4.31 Å². The Morgan fingerprint density at radius 3 is 2.57 bits per heavy atom. The highest BCUT2D eigenvalue weighted by Gasteiger charge is 2.45. The fourth-order valence-corrected chi connectivity index (χ4v) is 5.17. The maximum Gasteiger partial charge on any atom is 0.324 e. The molecule has 2 unspecified atom stereocenters. The van der Waals surface area contributed by atoms with Crippen LogP contribution < -0.4 is 4.74 Å². The van der Waals surface area contributed by atoms with E-state index in [9.17, 15) is 17.6 Å². The summed E-state index contributed by atoms with van der Waals surface area (Å²) in [4.78, 5) is 12.2. The normalized spacial score (nSPS) is 20.1. The summed E-state index contributed by atoms with van der Waals surface area (Å²) < 4.78 is 51.2. The second-order valence-electron chi connectivity index (χ2n) is 6.36. The van der Waals surface area contributed by atoms with Gasteiger partial charge in [-0.05, 0) is 23.8 Å². The van der Waals surface area contributed by atoms with Gasteiger partial charge < -0.3 is 9.47 Å². The predicted octanol–water partition coefficient (Wildman–Crippen LogP) is 3.00. The molecule has 2 aromatic rings. The summed E-state index contributed by atoms with van der Waals surface area (Å²) in [7, 11) is -2.71. The van der Waals surface area contributed by atoms with E-state index in [0.717, 1.165) is 4.31 Å². The van der Waals surface area contributed by atoms with Crippen LogP contribution in [0.5, 0.6) is 5.75 Å². The van der Waals surface area contributed by atoms with Crippen molar-refractivity contribution in [2.45, 2.75) is 24.3 Å². The van der Waals surface area contributed by atoms with E-state index in [1.165, 1.54) is 25.3 Å². The Morgan fingerprint density at radius 1 is 1.21 bits per heavy atom. The van der Waals surface area contributed by atoms with E-state index in [0.29, 0.717) is 10.6 Å². The molecule has 3 rings (SSSR count). The number of sulfonamides is 1. The number of carbonyl (C=O) groups is 1. The van der Waals surface area contributed by atoms with Crippen LogP contribution >= 0.6 is 11.6 Å². The molecule has 2 atom stereocenters. The summed E-state index contributed by atoms with van der Waals surface area (Å²) in [6.07, 6.45) is -0.634. The van der Waals surface area contributed by atoms with Gasteiger partial charge in [0.1, 0.15) is 12.1 Å². The lowest BCUT2D eigenvalue weighted by atomic mass is 10.2. The lowest BCUT2D eigenvalue weighted by Gasteiger charge is -2.22. The Morgan fingerprint density at radius 2 is 1.89 bits per heavy atom. The number of nitrogens with zero attached hydrogens (tertiary/aromatic N) is 1. The van der Waals surface area contributed by atoms with Crippen LogP contribution in [-0.2, 0) is 25.3 Å². The van der Waals surface area contributed by atoms with E-state index < -0.39 is 34.0 Å². The third-order valence-corrected chi connectivity index (χ3v) is 6.64. The van der Waals surface area contributed by atoms with Gasteiger partial charge in [0.2, 0.25) is 10.0 Å². The third-order valence-electron chi connectivity index (χ3n) is 4.47. The number of carbonyl (C=O) groups excluding carboxylic acids is 1. The molecule has 1 fully saturated rings. The van der Waals surface area contributed by atoms with Crippen molar-refractivity contribution in [3.63, 3.8) is 0 Å². The molecule has 0 aromatic heterocycles. The summed E-state index contributed by atoms with van der Waals surface area (Å²) in [6.45, 7) is -0.0963. The van der Waals surface area contributed by atoms with Crippen molar-refractivity contribution in [1.29, 1.82) is 0 Å². The van der Waals surface area contributed by atoms with Gasteiger partial charge in [-0.3, -0.25) is 4.79 Å². The summed E-state index contributed by atoms with van der Waals surface area (Å²) >= 11 is 6.08. The Labute approximate surface area is 167 Å². The Balaban J connectivity index is 1.84. The van der Waals surface area contributed by atoms with Gasteiger partial charge in [0, 0.05) is 11.4 Å². The molecule has 150 valence electrons. The van der Waals surface area contributed by atoms with Crippen LogP contribution in [-0.4, -0.2) is 44.5 Å². The standard InChI is InChI=1S/C19H19ClFNO5S/c1-26-19(23)17-10-14(27-18-9-5-4-8-16(18)21)11-22(17)28(24,25)12-13-6-2-3-7-15(13)20/h2-9,14,17H,10-12H2,1H3. The second kappa shape index (κ2) is 8.46. The van der Waals surface area contributed by atoms with Crippen molar-refractivity contribution in [2.24, 2.45) is 0 Å². The Kier molecular flexibility index (Phi) is 6.22. The van der Waals surface area contributed by atoms with Crippen LogP contribution in [0, 0.1) is 5.82 Å². The van der Waals surface area contributed by atoms with Crippen LogP contribution in [0.3, 0.4) is 0 Å². The largest absolute Gasteiger partial charge is 0.486 e. The smallest absolute Gasteiger partial charge is 0.324 e. The van der Waals surface area contributed by atoms with E-state index in [2.05, 4.69) is 0 Å². The number of halogens is 2.